The maximum atomic E-state index is 6.08. The van der Waals surface area contributed by atoms with E-state index in [1.165, 1.54) is 68.4 Å². The summed E-state index contributed by atoms with van der Waals surface area (Å²) in [6.07, 6.45) is 10.1. The van der Waals surface area contributed by atoms with E-state index in [0.29, 0.717) is 0 Å². The van der Waals surface area contributed by atoms with E-state index in [4.69, 9.17) is 4.74 Å². The van der Waals surface area contributed by atoms with Crippen LogP contribution in [0, 0.1) is 0 Å². The summed E-state index contributed by atoms with van der Waals surface area (Å²) in [6.45, 7) is 8.89. The molecule has 0 spiro atoms. The lowest BCUT2D eigenvalue weighted by molar-refractivity contribution is 0.215. The molecule has 1 aliphatic carbocycles. The van der Waals surface area contributed by atoms with Crippen molar-refractivity contribution in [3.05, 3.63) is 35.9 Å². The Morgan fingerprint density at radius 1 is 1.00 bits per heavy atom. The molecule has 0 amide bonds. The summed E-state index contributed by atoms with van der Waals surface area (Å²) >= 11 is 0. The van der Waals surface area contributed by atoms with Crippen LogP contribution in [0.25, 0.3) is 5.57 Å². The monoisotopic (exact) mass is 299 g/mol. The molecule has 0 unspecified atom stereocenters. The number of unbranched alkanes of at least 4 members (excludes halogenated alkanes) is 1. The molecule has 1 fully saturated rings. The van der Waals surface area contributed by atoms with Gasteiger partial charge in [0.1, 0.15) is 5.75 Å². The Morgan fingerprint density at radius 2 is 1.86 bits per heavy atom. The summed E-state index contributed by atoms with van der Waals surface area (Å²) in [4.78, 5) is 2.61. The molecular formula is C20H29NO. The number of benzene rings is 1. The summed E-state index contributed by atoms with van der Waals surface area (Å²) in [7, 11) is 0. The Bertz CT molecular complexity index is 502. The second-order valence-electron chi connectivity index (χ2n) is 6.70. The van der Waals surface area contributed by atoms with Gasteiger partial charge in [-0.3, -0.25) is 0 Å². The minimum absolute atomic E-state index is 0.844. The van der Waals surface area contributed by atoms with Gasteiger partial charge in [0.2, 0.25) is 0 Å². The van der Waals surface area contributed by atoms with Crippen molar-refractivity contribution in [3.8, 4) is 5.75 Å². The van der Waals surface area contributed by atoms with Crippen molar-refractivity contribution in [1.82, 2.24) is 4.90 Å². The quantitative estimate of drug-likeness (QED) is 0.707. The Balaban J connectivity index is 1.44. The first kappa shape index (κ1) is 15.6. The number of fused-ring (bicyclic) bond motifs is 1. The van der Waals surface area contributed by atoms with Crippen molar-refractivity contribution in [3.63, 3.8) is 0 Å². The van der Waals surface area contributed by atoms with E-state index in [9.17, 15) is 0 Å². The summed E-state index contributed by atoms with van der Waals surface area (Å²) < 4.78 is 6.08. The molecular weight excluding hydrogens is 270 g/mol. The molecule has 2 heteroatoms. The van der Waals surface area contributed by atoms with Crippen molar-refractivity contribution in [2.45, 2.75) is 51.4 Å². The first-order valence-corrected chi connectivity index (χ1v) is 9.00. The molecule has 22 heavy (non-hydrogen) atoms. The highest BCUT2D eigenvalue weighted by molar-refractivity contribution is 5.70. The van der Waals surface area contributed by atoms with Gasteiger partial charge in [0.05, 0.1) is 6.61 Å². The summed E-state index contributed by atoms with van der Waals surface area (Å²) in [5.74, 6) is 1.09. The van der Waals surface area contributed by atoms with Crippen LogP contribution in [-0.4, -0.2) is 31.1 Å². The van der Waals surface area contributed by atoms with Crippen molar-refractivity contribution >= 4 is 5.57 Å². The van der Waals surface area contributed by atoms with Crippen molar-refractivity contribution in [2.75, 3.05) is 26.2 Å². The van der Waals surface area contributed by atoms with Gasteiger partial charge in [-0.15, -0.1) is 0 Å². The SMILES string of the molecule is C=C1CCCc2c(OCCCCN3CCCCC3)cccc21. The van der Waals surface area contributed by atoms with Crippen LogP contribution in [-0.2, 0) is 6.42 Å². The standard InChI is InChI=1S/C20H29NO/c1-17-9-7-11-19-18(17)10-8-12-20(19)22-16-6-5-15-21-13-3-2-4-14-21/h8,10,12H,1-7,9,11,13-16H2. The van der Waals surface area contributed by atoms with Crippen LogP contribution < -0.4 is 4.74 Å². The Labute approximate surface area is 135 Å². The molecule has 1 aliphatic heterocycles. The minimum Gasteiger partial charge on any atom is -0.493 e. The zero-order valence-corrected chi connectivity index (χ0v) is 13.8. The van der Waals surface area contributed by atoms with Crippen LogP contribution >= 0.6 is 0 Å². The van der Waals surface area contributed by atoms with Gasteiger partial charge >= 0.3 is 0 Å². The summed E-state index contributed by atoms with van der Waals surface area (Å²) in [5.41, 5.74) is 3.99. The first-order valence-electron chi connectivity index (χ1n) is 9.00. The largest absolute Gasteiger partial charge is 0.493 e. The fourth-order valence-electron chi connectivity index (χ4n) is 3.71. The van der Waals surface area contributed by atoms with Crippen molar-refractivity contribution in [1.29, 1.82) is 0 Å². The molecule has 0 radical (unpaired) electrons. The maximum Gasteiger partial charge on any atom is 0.123 e. The van der Waals surface area contributed by atoms with E-state index >= 15 is 0 Å². The fourth-order valence-corrected chi connectivity index (χ4v) is 3.71. The molecule has 1 aromatic carbocycles. The van der Waals surface area contributed by atoms with Crippen LogP contribution in [0.1, 0.15) is 56.1 Å². The van der Waals surface area contributed by atoms with Gasteiger partial charge in [0.15, 0.2) is 0 Å². The zero-order chi connectivity index (χ0) is 15.2. The molecule has 0 bridgehead atoms. The lowest BCUT2D eigenvalue weighted by Gasteiger charge is -2.26. The third kappa shape index (κ3) is 3.92. The molecule has 0 atom stereocenters. The highest BCUT2D eigenvalue weighted by Crippen LogP contribution is 2.35. The lowest BCUT2D eigenvalue weighted by atomic mass is 9.88. The predicted molar refractivity (Wildman–Crippen MR) is 93.4 cm³/mol. The number of likely N-dealkylation sites (tertiary alicyclic amines) is 1. The van der Waals surface area contributed by atoms with Crippen LogP contribution in [0.3, 0.4) is 0 Å². The average Bonchev–Trinajstić information content (AvgIpc) is 2.56. The van der Waals surface area contributed by atoms with Crippen LogP contribution in [0.15, 0.2) is 24.8 Å². The number of hydrogen-bond acceptors (Lipinski definition) is 2. The Hall–Kier alpha value is -1.28. The Morgan fingerprint density at radius 3 is 2.73 bits per heavy atom. The van der Waals surface area contributed by atoms with E-state index in [-0.39, 0.29) is 0 Å². The second kappa shape index (κ2) is 7.82. The molecule has 0 N–H and O–H groups in total. The number of hydrogen-bond donors (Lipinski definition) is 0. The van der Waals surface area contributed by atoms with Crippen molar-refractivity contribution < 1.29 is 4.74 Å². The van der Waals surface area contributed by atoms with Gasteiger partial charge in [0, 0.05) is 5.56 Å². The van der Waals surface area contributed by atoms with Crippen molar-refractivity contribution in [2.24, 2.45) is 0 Å². The normalized spacial score (nSPS) is 19.0. The van der Waals surface area contributed by atoms with Crippen LogP contribution in [0.5, 0.6) is 5.75 Å². The van der Waals surface area contributed by atoms with Gasteiger partial charge in [-0.05, 0) is 81.8 Å². The van der Waals surface area contributed by atoms with E-state index < -0.39 is 0 Å². The first-order chi connectivity index (χ1) is 10.8. The molecule has 0 aromatic heterocycles. The summed E-state index contributed by atoms with van der Waals surface area (Å²) in [6, 6.07) is 6.43. The third-order valence-corrected chi connectivity index (χ3v) is 4.99. The molecule has 3 rings (SSSR count). The predicted octanol–water partition coefficient (Wildman–Crippen LogP) is 4.68. The smallest absolute Gasteiger partial charge is 0.123 e. The number of rotatable bonds is 6. The lowest BCUT2D eigenvalue weighted by Crippen LogP contribution is -2.30. The number of allylic oxidation sites excluding steroid dienone is 1. The Kier molecular flexibility index (Phi) is 5.55. The van der Waals surface area contributed by atoms with Gasteiger partial charge in [0.25, 0.3) is 0 Å². The topological polar surface area (TPSA) is 12.5 Å². The van der Waals surface area contributed by atoms with Gasteiger partial charge in [-0.1, -0.05) is 25.1 Å². The highest BCUT2D eigenvalue weighted by Gasteiger charge is 2.16. The second-order valence-corrected chi connectivity index (χ2v) is 6.70. The van der Waals surface area contributed by atoms with E-state index in [2.05, 4.69) is 29.7 Å². The van der Waals surface area contributed by atoms with E-state index in [1.54, 1.807) is 0 Å². The number of ether oxygens (including phenoxy) is 1. The molecule has 0 saturated carbocycles. The highest BCUT2D eigenvalue weighted by atomic mass is 16.5. The third-order valence-electron chi connectivity index (χ3n) is 4.99. The van der Waals surface area contributed by atoms with Gasteiger partial charge in [-0.2, -0.15) is 0 Å². The molecule has 1 aromatic rings. The number of piperidine rings is 1. The molecule has 120 valence electrons. The number of nitrogens with zero attached hydrogens (tertiary/aromatic N) is 1. The molecule has 1 saturated heterocycles. The molecule has 2 aliphatic rings. The van der Waals surface area contributed by atoms with E-state index in [0.717, 1.165) is 31.6 Å². The summed E-state index contributed by atoms with van der Waals surface area (Å²) in [5, 5.41) is 0. The van der Waals surface area contributed by atoms with Gasteiger partial charge in [-0.25, -0.2) is 0 Å². The minimum atomic E-state index is 0.844. The van der Waals surface area contributed by atoms with Gasteiger partial charge < -0.3 is 9.64 Å². The van der Waals surface area contributed by atoms with Crippen LogP contribution in [0.4, 0.5) is 0 Å². The maximum absolute atomic E-state index is 6.08. The fraction of sp³-hybridized carbons (Fsp3) is 0.600. The van der Waals surface area contributed by atoms with Crippen LogP contribution in [0.2, 0.25) is 0 Å². The van der Waals surface area contributed by atoms with E-state index in [1.807, 2.05) is 0 Å². The zero-order valence-electron chi connectivity index (χ0n) is 13.8. The molecule has 1 heterocycles. The molecule has 2 nitrogen and oxygen atoms in total. The average molecular weight is 299 g/mol.